The van der Waals surface area contributed by atoms with E-state index in [0.29, 0.717) is 11.5 Å². The van der Waals surface area contributed by atoms with Crippen molar-refractivity contribution in [2.45, 2.75) is 32.9 Å². The van der Waals surface area contributed by atoms with Crippen LogP contribution in [0.4, 0.5) is 4.39 Å². The van der Waals surface area contributed by atoms with Crippen molar-refractivity contribution in [2.75, 3.05) is 13.6 Å². The second kappa shape index (κ2) is 9.60. The highest BCUT2D eigenvalue weighted by Gasteiger charge is 2.16. The molecule has 0 aromatic heterocycles. The summed E-state index contributed by atoms with van der Waals surface area (Å²) in [5.41, 5.74) is 0.000744. The molecule has 0 aliphatic heterocycles. The summed E-state index contributed by atoms with van der Waals surface area (Å²) in [6.45, 7) is 5.68. The number of hydrogen-bond acceptors (Lipinski definition) is 3. The van der Waals surface area contributed by atoms with E-state index in [1.165, 1.54) is 6.07 Å². The standard InChI is InChI=1S/C15H22FN3O2.HI/c1-15(2,3)21-13(20)10-19-14(17-4)18-9-11-7-5-6-8-12(11)16;/h5-8H,9-10H2,1-4H3,(H2,17,18,19);1H. The van der Waals surface area contributed by atoms with Crippen molar-refractivity contribution < 1.29 is 13.9 Å². The zero-order chi connectivity index (χ0) is 15.9. The number of carbonyl (C=O) groups is 1. The normalized spacial score (nSPS) is 11.4. The van der Waals surface area contributed by atoms with Gasteiger partial charge in [-0.15, -0.1) is 24.0 Å². The van der Waals surface area contributed by atoms with E-state index in [1.54, 1.807) is 46.0 Å². The first-order chi connectivity index (χ1) is 9.81. The Morgan fingerprint density at radius 1 is 1.27 bits per heavy atom. The number of guanidine groups is 1. The maximum atomic E-state index is 13.5. The quantitative estimate of drug-likeness (QED) is 0.338. The lowest BCUT2D eigenvalue weighted by atomic mass is 10.2. The number of aliphatic imine (C=N–C) groups is 1. The van der Waals surface area contributed by atoms with Crippen LogP contribution < -0.4 is 10.6 Å². The first kappa shape index (κ1) is 20.6. The highest BCUT2D eigenvalue weighted by atomic mass is 127. The highest BCUT2D eigenvalue weighted by Crippen LogP contribution is 2.06. The van der Waals surface area contributed by atoms with Gasteiger partial charge in [-0.2, -0.15) is 0 Å². The van der Waals surface area contributed by atoms with Crippen molar-refractivity contribution in [2.24, 2.45) is 4.99 Å². The first-order valence-corrected chi connectivity index (χ1v) is 6.71. The molecule has 0 saturated heterocycles. The molecule has 0 aliphatic carbocycles. The molecule has 0 heterocycles. The summed E-state index contributed by atoms with van der Waals surface area (Å²) in [5.74, 6) is -0.256. The van der Waals surface area contributed by atoms with Crippen molar-refractivity contribution >= 4 is 35.9 Å². The number of benzene rings is 1. The predicted octanol–water partition coefficient (Wildman–Crippen LogP) is 2.45. The molecule has 0 atom stereocenters. The van der Waals surface area contributed by atoms with Crippen LogP contribution in [-0.2, 0) is 16.1 Å². The average Bonchev–Trinajstić information content (AvgIpc) is 2.38. The number of nitrogens with one attached hydrogen (secondary N) is 2. The van der Waals surface area contributed by atoms with Gasteiger partial charge in [0.2, 0.25) is 0 Å². The molecule has 1 aromatic carbocycles. The lowest BCUT2D eigenvalue weighted by molar-refractivity contribution is -0.153. The van der Waals surface area contributed by atoms with Crippen molar-refractivity contribution in [3.05, 3.63) is 35.6 Å². The Labute approximate surface area is 147 Å². The Morgan fingerprint density at radius 2 is 1.91 bits per heavy atom. The topological polar surface area (TPSA) is 62.7 Å². The van der Waals surface area contributed by atoms with Crippen molar-refractivity contribution in [1.82, 2.24) is 10.6 Å². The van der Waals surface area contributed by atoms with Gasteiger partial charge in [-0.1, -0.05) is 18.2 Å². The summed E-state index contributed by atoms with van der Waals surface area (Å²) < 4.78 is 18.6. The van der Waals surface area contributed by atoms with E-state index in [1.807, 2.05) is 0 Å². The van der Waals surface area contributed by atoms with E-state index in [9.17, 15) is 9.18 Å². The Hall–Kier alpha value is -1.38. The number of carbonyl (C=O) groups excluding carboxylic acids is 1. The van der Waals surface area contributed by atoms with E-state index in [-0.39, 0.29) is 48.9 Å². The van der Waals surface area contributed by atoms with Gasteiger partial charge in [0.1, 0.15) is 18.0 Å². The third-order valence-corrected chi connectivity index (χ3v) is 2.45. The van der Waals surface area contributed by atoms with E-state index in [4.69, 9.17) is 4.74 Å². The fourth-order valence-corrected chi connectivity index (χ4v) is 1.57. The Bertz CT molecular complexity index is 516. The molecule has 0 spiro atoms. The minimum atomic E-state index is -0.525. The number of ether oxygens (including phenoxy) is 1. The van der Waals surface area contributed by atoms with Crippen LogP contribution in [0.3, 0.4) is 0 Å². The number of rotatable bonds is 4. The highest BCUT2D eigenvalue weighted by molar-refractivity contribution is 14.0. The number of nitrogens with zero attached hydrogens (tertiary/aromatic N) is 1. The van der Waals surface area contributed by atoms with Crippen molar-refractivity contribution in [1.29, 1.82) is 0 Å². The van der Waals surface area contributed by atoms with E-state index in [0.717, 1.165) is 0 Å². The van der Waals surface area contributed by atoms with Gasteiger partial charge in [-0.25, -0.2) is 4.39 Å². The molecule has 7 heteroatoms. The van der Waals surface area contributed by atoms with E-state index < -0.39 is 5.60 Å². The molecule has 0 fully saturated rings. The van der Waals surface area contributed by atoms with Gasteiger partial charge in [0.15, 0.2) is 5.96 Å². The second-order valence-corrected chi connectivity index (χ2v) is 5.46. The van der Waals surface area contributed by atoms with Gasteiger partial charge >= 0.3 is 5.97 Å². The molecular weight excluding hydrogens is 400 g/mol. The van der Waals surface area contributed by atoms with Gasteiger partial charge < -0.3 is 15.4 Å². The second-order valence-electron chi connectivity index (χ2n) is 5.46. The first-order valence-electron chi connectivity index (χ1n) is 6.71. The van der Waals surface area contributed by atoms with Crippen LogP contribution in [0.2, 0.25) is 0 Å². The molecule has 1 aromatic rings. The molecule has 0 saturated carbocycles. The molecule has 22 heavy (non-hydrogen) atoms. The Morgan fingerprint density at radius 3 is 2.45 bits per heavy atom. The summed E-state index contributed by atoms with van der Waals surface area (Å²) in [4.78, 5) is 15.5. The number of esters is 1. The summed E-state index contributed by atoms with van der Waals surface area (Å²) in [7, 11) is 1.58. The monoisotopic (exact) mass is 423 g/mol. The Balaban J connectivity index is 0.00000441. The smallest absolute Gasteiger partial charge is 0.325 e. The molecule has 0 amide bonds. The minimum absolute atomic E-state index is 0. The van der Waals surface area contributed by atoms with E-state index >= 15 is 0 Å². The molecule has 1 rings (SSSR count). The average molecular weight is 423 g/mol. The van der Waals surface area contributed by atoms with Gasteiger partial charge in [0.05, 0.1) is 0 Å². The van der Waals surface area contributed by atoms with Gasteiger partial charge in [0, 0.05) is 19.2 Å². The molecule has 0 bridgehead atoms. The Kier molecular flexibility index (Phi) is 9.00. The van der Waals surface area contributed by atoms with Crippen molar-refractivity contribution in [3.63, 3.8) is 0 Å². The van der Waals surface area contributed by atoms with Crippen LogP contribution in [0.5, 0.6) is 0 Å². The molecule has 2 N–H and O–H groups in total. The largest absolute Gasteiger partial charge is 0.459 e. The van der Waals surface area contributed by atoms with Crippen LogP contribution >= 0.6 is 24.0 Å². The molecule has 0 unspecified atom stereocenters. The van der Waals surface area contributed by atoms with Crippen LogP contribution in [0.1, 0.15) is 26.3 Å². The summed E-state index contributed by atoms with van der Waals surface area (Å²) >= 11 is 0. The summed E-state index contributed by atoms with van der Waals surface area (Å²) in [6.07, 6.45) is 0. The fraction of sp³-hybridized carbons (Fsp3) is 0.467. The van der Waals surface area contributed by atoms with Crippen LogP contribution in [0.25, 0.3) is 0 Å². The van der Waals surface area contributed by atoms with Crippen LogP contribution in [-0.4, -0.2) is 31.1 Å². The fourth-order valence-electron chi connectivity index (χ4n) is 1.57. The summed E-state index contributed by atoms with van der Waals surface area (Å²) in [6, 6.07) is 6.47. The van der Waals surface area contributed by atoms with Crippen LogP contribution in [0, 0.1) is 5.82 Å². The molecule has 0 radical (unpaired) electrons. The third kappa shape index (κ3) is 8.16. The summed E-state index contributed by atoms with van der Waals surface area (Å²) in [5, 5.41) is 5.76. The van der Waals surface area contributed by atoms with Crippen molar-refractivity contribution in [3.8, 4) is 0 Å². The third-order valence-electron chi connectivity index (χ3n) is 2.45. The zero-order valence-electron chi connectivity index (χ0n) is 13.3. The minimum Gasteiger partial charge on any atom is -0.459 e. The molecule has 0 aliphatic rings. The lowest BCUT2D eigenvalue weighted by Crippen LogP contribution is -2.41. The molecule has 5 nitrogen and oxygen atoms in total. The number of halogens is 2. The predicted molar refractivity (Wildman–Crippen MR) is 95.9 cm³/mol. The van der Waals surface area contributed by atoms with Gasteiger partial charge in [0.25, 0.3) is 0 Å². The molecular formula is C15H23FIN3O2. The van der Waals surface area contributed by atoms with E-state index in [2.05, 4.69) is 15.6 Å². The lowest BCUT2D eigenvalue weighted by Gasteiger charge is -2.20. The maximum Gasteiger partial charge on any atom is 0.325 e. The van der Waals surface area contributed by atoms with Gasteiger partial charge in [-0.3, -0.25) is 9.79 Å². The van der Waals surface area contributed by atoms with Gasteiger partial charge in [-0.05, 0) is 26.8 Å². The van der Waals surface area contributed by atoms with Crippen LogP contribution in [0.15, 0.2) is 29.3 Å². The molecule has 124 valence electrons. The zero-order valence-corrected chi connectivity index (χ0v) is 15.6. The maximum absolute atomic E-state index is 13.5. The SMILES string of the molecule is CN=C(NCC(=O)OC(C)(C)C)NCc1ccccc1F.I. The number of hydrogen-bond donors (Lipinski definition) is 2.